The van der Waals surface area contributed by atoms with Crippen molar-refractivity contribution in [3.63, 3.8) is 0 Å². The van der Waals surface area contributed by atoms with Gasteiger partial charge in [-0.25, -0.2) is 4.57 Å². The number of allylic oxidation sites excluding steroid dienone is 5. The molecule has 0 fully saturated rings. The molecule has 75 heavy (non-hydrogen) atoms. The van der Waals surface area contributed by atoms with Crippen LogP contribution in [0, 0.1) is 0 Å². The minimum atomic E-state index is -4.35. The second kappa shape index (κ2) is 57.4. The van der Waals surface area contributed by atoms with E-state index in [0.29, 0.717) is 17.4 Å². The summed E-state index contributed by atoms with van der Waals surface area (Å²) < 4.78 is 23.8. The van der Waals surface area contributed by atoms with Gasteiger partial charge in [-0.05, 0) is 51.4 Å². The van der Waals surface area contributed by atoms with Crippen molar-refractivity contribution < 1.29 is 32.9 Å². The van der Waals surface area contributed by atoms with Gasteiger partial charge in [0, 0.05) is 6.42 Å². The van der Waals surface area contributed by atoms with Gasteiger partial charge in [0.25, 0.3) is 0 Å². The number of nitrogens with one attached hydrogen (secondary N) is 1. The first kappa shape index (κ1) is 73.7. The average molecular weight is 1080 g/mol. The van der Waals surface area contributed by atoms with Gasteiger partial charge < -0.3 is 19.8 Å². The number of phosphoric acid groups is 1. The zero-order valence-corrected chi connectivity index (χ0v) is 51.7. The molecule has 0 saturated carbocycles. The van der Waals surface area contributed by atoms with Crippen molar-refractivity contribution >= 4 is 13.7 Å². The Morgan fingerprint density at radius 1 is 0.453 bits per heavy atom. The second-order valence-electron chi connectivity index (χ2n) is 23.8. The lowest BCUT2D eigenvalue weighted by atomic mass is 10.0. The molecule has 444 valence electrons. The summed E-state index contributed by atoms with van der Waals surface area (Å²) in [5.74, 6) is -0.172. The van der Waals surface area contributed by atoms with Crippen LogP contribution in [-0.4, -0.2) is 73.4 Å². The highest BCUT2D eigenvalue weighted by atomic mass is 31.2. The van der Waals surface area contributed by atoms with Crippen LogP contribution in [0.2, 0.25) is 0 Å². The van der Waals surface area contributed by atoms with Gasteiger partial charge in [0.1, 0.15) is 13.2 Å². The molecule has 0 aliphatic heterocycles. The lowest BCUT2D eigenvalue weighted by molar-refractivity contribution is -0.870. The molecular formula is C66H130N2O6P+. The summed E-state index contributed by atoms with van der Waals surface area (Å²) in [7, 11) is 1.58. The minimum Gasteiger partial charge on any atom is -0.387 e. The van der Waals surface area contributed by atoms with Crippen LogP contribution in [0.4, 0.5) is 0 Å². The number of hydrogen-bond acceptors (Lipinski definition) is 5. The smallest absolute Gasteiger partial charge is 0.387 e. The van der Waals surface area contributed by atoms with Crippen LogP contribution >= 0.6 is 7.82 Å². The van der Waals surface area contributed by atoms with E-state index in [4.69, 9.17) is 9.05 Å². The number of carbonyl (C=O) groups excluding carboxylic acids is 1. The Morgan fingerprint density at radius 2 is 0.760 bits per heavy atom. The van der Waals surface area contributed by atoms with E-state index in [1.807, 2.05) is 27.2 Å². The third-order valence-corrected chi connectivity index (χ3v) is 16.1. The van der Waals surface area contributed by atoms with Gasteiger partial charge in [0.15, 0.2) is 0 Å². The van der Waals surface area contributed by atoms with E-state index in [1.54, 1.807) is 6.08 Å². The second-order valence-corrected chi connectivity index (χ2v) is 25.3. The van der Waals surface area contributed by atoms with Gasteiger partial charge in [-0.3, -0.25) is 13.8 Å². The molecule has 9 heteroatoms. The molecule has 0 heterocycles. The van der Waals surface area contributed by atoms with Crippen molar-refractivity contribution in [2.24, 2.45) is 0 Å². The Morgan fingerprint density at radius 3 is 1.09 bits per heavy atom. The number of hydrogen-bond donors (Lipinski definition) is 3. The molecule has 0 aromatic carbocycles. The molecule has 0 aliphatic carbocycles. The summed E-state index contributed by atoms with van der Waals surface area (Å²) >= 11 is 0. The number of quaternary nitrogens is 1. The third kappa shape index (κ3) is 60.2. The molecule has 3 unspecified atom stereocenters. The number of unbranched alkanes of at least 4 members (excludes halogenated alkanes) is 44. The van der Waals surface area contributed by atoms with Crippen LogP contribution in [0.5, 0.6) is 0 Å². The van der Waals surface area contributed by atoms with Crippen molar-refractivity contribution in [1.82, 2.24) is 5.32 Å². The van der Waals surface area contributed by atoms with E-state index < -0.39 is 20.0 Å². The number of carbonyl (C=O) groups is 1. The van der Waals surface area contributed by atoms with E-state index in [2.05, 4.69) is 43.5 Å². The molecule has 3 atom stereocenters. The highest BCUT2D eigenvalue weighted by Gasteiger charge is 2.28. The maximum absolute atomic E-state index is 13.0. The molecule has 0 aromatic heterocycles. The van der Waals surface area contributed by atoms with E-state index in [-0.39, 0.29) is 19.1 Å². The fraction of sp³-hybridized carbons (Fsp3) is 0.894. The van der Waals surface area contributed by atoms with Crippen LogP contribution in [-0.2, 0) is 18.4 Å². The van der Waals surface area contributed by atoms with Crippen LogP contribution in [0.3, 0.4) is 0 Å². The fourth-order valence-electron chi connectivity index (χ4n) is 9.96. The molecule has 0 aromatic rings. The number of phosphoric ester groups is 1. The van der Waals surface area contributed by atoms with Crippen molar-refractivity contribution in [3.05, 3.63) is 36.5 Å². The molecule has 0 bridgehead atoms. The van der Waals surface area contributed by atoms with Gasteiger partial charge in [0.2, 0.25) is 5.91 Å². The monoisotopic (exact) mass is 1080 g/mol. The van der Waals surface area contributed by atoms with E-state index in [9.17, 15) is 19.4 Å². The maximum atomic E-state index is 13.0. The quantitative estimate of drug-likeness (QED) is 0.0243. The largest absolute Gasteiger partial charge is 0.472 e. The van der Waals surface area contributed by atoms with Gasteiger partial charge in [-0.2, -0.15) is 0 Å². The summed E-state index contributed by atoms with van der Waals surface area (Å²) in [6.45, 7) is 4.86. The number of aliphatic hydroxyl groups excluding tert-OH is 1. The first-order valence-electron chi connectivity index (χ1n) is 32.9. The first-order chi connectivity index (χ1) is 36.5. The van der Waals surface area contributed by atoms with Crippen molar-refractivity contribution in [2.45, 2.75) is 341 Å². The zero-order valence-electron chi connectivity index (χ0n) is 50.8. The van der Waals surface area contributed by atoms with E-state index in [1.165, 1.54) is 263 Å². The number of likely N-dealkylation sites (N-methyl/N-ethyl adjacent to an activating group) is 1. The van der Waals surface area contributed by atoms with Crippen LogP contribution < -0.4 is 5.32 Å². The zero-order chi connectivity index (χ0) is 54.9. The summed E-state index contributed by atoms with van der Waals surface area (Å²) in [5, 5.41) is 14.0. The van der Waals surface area contributed by atoms with Gasteiger partial charge in [0.05, 0.1) is 39.9 Å². The average Bonchev–Trinajstić information content (AvgIpc) is 3.37. The van der Waals surface area contributed by atoms with Gasteiger partial charge in [-0.1, -0.05) is 307 Å². The molecule has 3 N–H and O–H groups in total. The maximum Gasteiger partial charge on any atom is 0.472 e. The van der Waals surface area contributed by atoms with Crippen LogP contribution in [0.25, 0.3) is 0 Å². The molecule has 0 rings (SSSR count). The van der Waals surface area contributed by atoms with Crippen LogP contribution in [0.1, 0.15) is 328 Å². The summed E-state index contributed by atoms with van der Waals surface area (Å²) in [6, 6.07) is -0.846. The summed E-state index contributed by atoms with van der Waals surface area (Å²) in [5.41, 5.74) is 0. The van der Waals surface area contributed by atoms with Gasteiger partial charge >= 0.3 is 7.82 Å². The number of amides is 1. The molecule has 8 nitrogen and oxygen atoms in total. The summed E-state index contributed by atoms with van der Waals surface area (Å²) in [6.07, 6.45) is 75.6. The Balaban J connectivity index is 4.01. The normalized spacial score (nSPS) is 14.0. The van der Waals surface area contributed by atoms with Gasteiger partial charge in [-0.15, -0.1) is 0 Å². The molecule has 0 radical (unpaired) electrons. The third-order valence-electron chi connectivity index (χ3n) is 15.1. The Kier molecular flexibility index (Phi) is 56.4. The lowest BCUT2D eigenvalue weighted by Crippen LogP contribution is -2.45. The Hall–Kier alpha value is -1.28. The first-order valence-corrected chi connectivity index (χ1v) is 34.4. The molecular weight excluding hydrogens is 948 g/mol. The molecule has 0 spiro atoms. The van der Waals surface area contributed by atoms with Crippen molar-refractivity contribution in [2.75, 3.05) is 40.9 Å². The predicted molar refractivity (Wildman–Crippen MR) is 328 cm³/mol. The highest BCUT2D eigenvalue weighted by molar-refractivity contribution is 7.47. The molecule has 0 saturated heterocycles. The van der Waals surface area contributed by atoms with Crippen molar-refractivity contribution in [1.29, 1.82) is 0 Å². The molecule has 1 amide bonds. The standard InChI is InChI=1S/C66H129N2O6P/c1-6-8-10-12-14-16-18-20-22-24-26-27-28-29-30-31-32-33-34-35-36-37-38-39-40-41-42-44-46-48-50-52-54-56-58-60-66(70)67-64(63-74-75(71,72)73-62-61-68(3,4)5)65(69)59-57-55-53-51-49-47-45-43-25-23-21-19-17-15-13-11-9-7-2/h28-29,31-32,57,59,64-65,69H,6-27,30,33-56,58,60-63H2,1-5H3,(H-,67,70,71,72)/p+1/b29-28-,32-31-,59-57+. The Labute approximate surface area is 467 Å². The highest BCUT2D eigenvalue weighted by Crippen LogP contribution is 2.43. The molecule has 0 aliphatic rings. The van der Waals surface area contributed by atoms with Crippen molar-refractivity contribution in [3.8, 4) is 0 Å². The van der Waals surface area contributed by atoms with E-state index in [0.717, 1.165) is 44.9 Å². The topological polar surface area (TPSA) is 105 Å². The summed E-state index contributed by atoms with van der Waals surface area (Å²) in [4.78, 5) is 23.4. The van der Waals surface area contributed by atoms with E-state index >= 15 is 0 Å². The SMILES string of the molecule is CCCCCCCCCCCCC/C=C\C/C=C\CCCCCCCCCCCCCCCCCCCC(=O)NC(COP(=O)(O)OCC[N+](C)(C)C)C(O)/C=C/CCCCCCCCCCCCCCCCCC. The fourth-order valence-corrected chi connectivity index (χ4v) is 10.7. The number of rotatable bonds is 61. The van der Waals surface area contributed by atoms with Crippen LogP contribution in [0.15, 0.2) is 36.5 Å². The predicted octanol–water partition coefficient (Wildman–Crippen LogP) is 20.5. The number of nitrogens with zero attached hydrogens (tertiary/aromatic N) is 1. The number of aliphatic hydroxyl groups is 1. The lowest BCUT2D eigenvalue weighted by Gasteiger charge is -2.25. The Bertz CT molecular complexity index is 1320. The minimum absolute atomic E-state index is 0.0631.